The minimum atomic E-state index is -3.18. The number of carbonyl (C=O) groups excluding carboxylic acids is 1. The third kappa shape index (κ3) is 3.54. The molecule has 0 aromatic heterocycles. The Hall–Kier alpha value is -1.40. The van der Waals surface area contributed by atoms with Gasteiger partial charge in [-0.15, -0.1) is 0 Å². The molecule has 1 aromatic rings. The van der Waals surface area contributed by atoms with E-state index >= 15 is 0 Å². The Balaban J connectivity index is 2.86. The van der Waals surface area contributed by atoms with E-state index in [2.05, 4.69) is 5.32 Å². The molecule has 6 heteroatoms. The van der Waals surface area contributed by atoms with Gasteiger partial charge in [-0.25, -0.2) is 8.42 Å². The molecule has 0 saturated carbocycles. The first-order valence-electron chi connectivity index (χ1n) is 5.73. The lowest BCUT2D eigenvalue weighted by Crippen LogP contribution is -2.32. The van der Waals surface area contributed by atoms with E-state index < -0.39 is 9.84 Å². The number of hydrogen-bond acceptors (Lipinski definition) is 4. The summed E-state index contributed by atoms with van der Waals surface area (Å²) in [7, 11) is -3.18. The van der Waals surface area contributed by atoms with Gasteiger partial charge >= 0.3 is 0 Å². The van der Waals surface area contributed by atoms with Crippen molar-refractivity contribution < 1.29 is 13.2 Å². The van der Waals surface area contributed by atoms with Gasteiger partial charge < -0.3 is 11.1 Å². The molecule has 1 unspecified atom stereocenters. The van der Waals surface area contributed by atoms with Gasteiger partial charge in [-0.2, -0.15) is 0 Å². The number of nitrogens with one attached hydrogen (secondary N) is 1. The molecule has 0 bridgehead atoms. The van der Waals surface area contributed by atoms with Crippen LogP contribution in [0.4, 0.5) is 0 Å². The average Bonchev–Trinajstić information content (AvgIpc) is 2.38. The van der Waals surface area contributed by atoms with Gasteiger partial charge in [0.1, 0.15) is 0 Å². The van der Waals surface area contributed by atoms with Crippen LogP contribution in [-0.2, 0) is 14.6 Å². The van der Waals surface area contributed by atoms with Crippen LogP contribution in [0.1, 0.15) is 25.5 Å². The molecule has 100 valence electrons. The number of sulfone groups is 1. The monoisotopic (exact) mass is 270 g/mol. The summed E-state index contributed by atoms with van der Waals surface area (Å²) in [6.07, 6.45) is 0. The summed E-state index contributed by atoms with van der Waals surface area (Å²) in [6.45, 7) is 3.36. The maximum Gasteiger partial charge on any atom is 0.234 e. The number of hydrogen-bond donors (Lipinski definition) is 2. The van der Waals surface area contributed by atoms with Gasteiger partial charge in [0, 0.05) is 0 Å². The fourth-order valence-corrected chi connectivity index (χ4v) is 2.40. The summed E-state index contributed by atoms with van der Waals surface area (Å²) in [5.74, 6) is -0.168. The van der Waals surface area contributed by atoms with E-state index in [0.717, 1.165) is 5.56 Å². The molecule has 1 rings (SSSR count). The molecule has 3 N–H and O–H groups in total. The van der Waals surface area contributed by atoms with Crippen molar-refractivity contribution in [2.45, 2.75) is 24.8 Å². The SMILES string of the molecule is CCS(=O)(=O)c1ccc(C(C)NC(=O)CN)cc1. The highest BCUT2D eigenvalue weighted by molar-refractivity contribution is 7.91. The standard InChI is InChI=1S/C12H18N2O3S/c1-3-18(16,17)11-6-4-10(5-7-11)9(2)14-12(15)8-13/h4-7,9H,3,8,13H2,1-2H3,(H,14,15). The lowest BCUT2D eigenvalue weighted by atomic mass is 10.1. The van der Waals surface area contributed by atoms with Crippen molar-refractivity contribution in [2.24, 2.45) is 5.73 Å². The predicted octanol–water partition coefficient (Wildman–Crippen LogP) is 0.616. The van der Waals surface area contributed by atoms with E-state index in [-0.39, 0.29) is 24.2 Å². The molecule has 0 spiro atoms. The van der Waals surface area contributed by atoms with Crippen molar-refractivity contribution in [3.8, 4) is 0 Å². The first kappa shape index (κ1) is 14.7. The number of nitrogens with two attached hydrogens (primary N) is 1. The van der Waals surface area contributed by atoms with Crippen LogP contribution in [0.5, 0.6) is 0 Å². The smallest absolute Gasteiger partial charge is 0.234 e. The lowest BCUT2D eigenvalue weighted by Gasteiger charge is -2.14. The lowest BCUT2D eigenvalue weighted by molar-refractivity contribution is -0.120. The zero-order valence-corrected chi connectivity index (χ0v) is 11.3. The van der Waals surface area contributed by atoms with Gasteiger partial charge in [0.05, 0.1) is 23.2 Å². The second kappa shape index (κ2) is 5.97. The summed E-state index contributed by atoms with van der Waals surface area (Å²) in [5, 5.41) is 2.70. The van der Waals surface area contributed by atoms with Crippen LogP contribution in [0.3, 0.4) is 0 Å². The third-order valence-electron chi connectivity index (χ3n) is 2.68. The number of amides is 1. The van der Waals surface area contributed by atoms with Gasteiger partial charge in [0.25, 0.3) is 0 Å². The Morgan fingerprint density at radius 3 is 2.33 bits per heavy atom. The van der Waals surface area contributed by atoms with Gasteiger partial charge in [-0.3, -0.25) is 4.79 Å². The summed E-state index contributed by atoms with van der Waals surface area (Å²) < 4.78 is 23.2. The maximum absolute atomic E-state index is 11.6. The highest BCUT2D eigenvalue weighted by Crippen LogP contribution is 2.17. The van der Waals surface area contributed by atoms with Crippen molar-refractivity contribution in [1.29, 1.82) is 0 Å². The fourth-order valence-electron chi connectivity index (χ4n) is 1.51. The molecule has 5 nitrogen and oxygen atoms in total. The summed E-state index contributed by atoms with van der Waals surface area (Å²) >= 11 is 0. The molecule has 0 fully saturated rings. The van der Waals surface area contributed by atoms with Crippen molar-refractivity contribution in [1.82, 2.24) is 5.32 Å². The second-order valence-corrected chi connectivity index (χ2v) is 6.24. The van der Waals surface area contributed by atoms with Crippen LogP contribution in [0.25, 0.3) is 0 Å². The second-order valence-electron chi connectivity index (χ2n) is 3.97. The van der Waals surface area contributed by atoms with E-state index in [1.165, 1.54) is 0 Å². The van der Waals surface area contributed by atoms with Crippen LogP contribution < -0.4 is 11.1 Å². The van der Waals surface area contributed by atoms with Gasteiger partial charge in [0.15, 0.2) is 9.84 Å². The van der Waals surface area contributed by atoms with Crippen LogP contribution in [0.2, 0.25) is 0 Å². The van der Waals surface area contributed by atoms with E-state index in [9.17, 15) is 13.2 Å². The van der Waals surface area contributed by atoms with Crippen molar-refractivity contribution in [2.75, 3.05) is 12.3 Å². The van der Waals surface area contributed by atoms with Crippen LogP contribution in [0.15, 0.2) is 29.2 Å². The van der Waals surface area contributed by atoms with E-state index in [4.69, 9.17) is 5.73 Å². The molecule has 0 aliphatic rings. The molecule has 0 aliphatic carbocycles. The maximum atomic E-state index is 11.6. The Kier molecular flexibility index (Phi) is 4.86. The van der Waals surface area contributed by atoms with E-state index in [1.54, 1.807) is 31.2 Å². The van der Waals surface area contributed by atoms with Crippen LogP contribution in [0, 0.1) is 0 Å². The number of carbonyl (C=O) groups is 1. The minimum Gasteiger partial charge on any atom is -0.348 e. The Labute approximate surface area is 107 Å². The average molecular weight is 270 g/mol. The molecular weight excluding hydrogens is 252 g/mol. The van der Waals surface area contributed by atoms with Gasteiger partial charge in [-0.1, -0.05) is 19.1 Å². The molecule has 1 amide bonds. The Morgan fingerprint density at radius 1 is 1.33 bits per heavy atom. The van der Waals surface area contributed by atoms with Gasteiger partial charge in [0.2, 0.25) is 5.91 Å². The van der Waals surface area contributed by atoms with Crippen LogP contribution >= 0.6 is 0 Å². The van der Waals surface area contributed by atoms with Crippen molar-refractivity contribution >= 4 is 15.7 Å². The van der Waals surface area contributed by atoms with Crippen molar-refractivity contribution in [3.05, 3.63) is 29.8 Å². The van der Waals surface area contributed by atoms with Crippen molar-refractivity contribution in [3.63, 3.8) is 0 Å². The Morgan fingerprint density at radius 2 is 1.89 bits per heavy atom. The first-order valence-corrected chi connectivity index (χ1v) is 7.38. The fraction of sp³-hybridized carbons (Fsp3) is 0.417. The van der Waals surface area contributed by atoms with Crippen LogP contribution in [-0.4, -0.2) is 26.6 Å². The third-order valence-corrected chi connectivity index (χ3v) is 4.43. The first-order chi connectivity index (χ1) is 8.40. The summed E-state index contributed by atoms with van der Waals surface area (Å²) in [4.78, 5) is 11.4. The quantitative estimate of drug-likeness (QED) is 0.820. The zero-order valence-electron chi connectivity index (χ0n) is 10.5. The molecular formula is C12H18N2O3S. The molecule has 1 atom stereocenters. The molecule has 0 aliphatic heterocycles. The van der Waals surface area contributed by atoms with E-state index in [1.807, 2.05) is 6.92 Å². The Bertz CT molecular complexity index is 509. The minimum absolute atomic E-state index is 0.0629. The molecule has 0 saturated heterocycles. The predicted molar refractivity (Wildman–Crippen MR) is 69.8 cm³/mol. The molecule has 0 heterocycles. The molecule has 0 radical (unpaired) electrons. The topological polar surface area (TPSA) is 89.3 Å². The number of rotatable bonds is 5. The largest absolute Gasteiger partial charge is 0.348 e. The number of benzene rings is 1. The highest BCUT2D eigenvalue weighted by Gasteiger charge is 2.13. The molecule has 18 heavy (non-hydrogen) atoms. The summed E-state index contributed by atoms with van der Waals surface area (Å²) in [6, 6.07) is 6.31. The zero-order chi connectivity index (χ0) is 13.8. The highest BCUT2D eigenvalue weighted by atomic mass is 32.2. The van der Waals surface area contributed by atoms with E-state index in [0.29, 0.717) is 4.90 Å². The molecule has 1 aromatic carbocycles. The summed E-state index contributed by atoms with van der Waals surface area (Å²) in [5.41, 5.74) is 6.05. The normalized spacial score (nSPS) is 13.1. The van der Waals surface area contributed by atoms with Gasteiger partial charge in [-0.05, 0) is 24.6 Å².